The first-order valence-corrected chi connectivity index (χ1v) is 12.6. The van der Waals surface area contributed by atoms with Crippen LogP contribution >= 0.6 is 11.3 Å². The summed E-state index contributed by atoms with van der Waals surface area (Å²) in [5.74, 6) is 1.23. The first-order chi connectivity index (χ1) is 16.5. The summed E-state index contributed by atoms with van der Waals surface area (Å²) in [5.41, 5.74) is 1.41. The van der Waals surface area contributed by atoms with Crippen LogP contribution < -0.4 is 19.5 Å². The smallest absolute Gasteiger partial charge is 0.255 e. The molecular formula is C24H31N3O6S. The van der Waals surface area contributed by atoms with Gasteiger partial charge in [-0.3, -0.25) is 14.9 Å². The zero-order valence-electron chi connectivity index (χ0n) is 19.8. The van der Waals surface area contributed by atoms with Gasteiger partial charge in [-0.1, -0.05) is 11.3 Å². The summed E-state index contributed by atoms with van der Waals surface area (Å²) in [6, 6.07) is 3.43. The molecule has 0 bridgehead atoms. The number of anilines is 1. The lowest BCUT2D eigenvalue weighted by molar-refractivity contribution is -0.124. The number of benzene rings is 1. The molecule has 2 amide bonds. The molecule has 2 aromatic rings. The van der Waals surface area contributed by atoms with Crippen molar-refractivity contribution in [2.45, 2.75) is 52.7 Å². The average Bonchev–Trinajstić information content (AvgIpc) is 3.50. The molecule has 0 saturated carbocycles. The molecule has 0 aliphatic carbocycles. The van der Waals surface area contributed by atoms with E-state index in [0.29, 0.717) is 73.9 Å². The number of aromatic nitrogens is 1. The summed E-state index contributed by atoms with van der Waals surface area (Å²) in [6.45, 7) is 8.59. The van der Waals surface area contributed by atoms with E-state index >= 15 is 0 Å². The standard InChI is InChI=1S/C24H31N3O6S/c1-4-30-18-12-15(13-19(31-5-2)21(18)32-6-3)23(29)27-10-9-16-20(14-27)34-24(25-16)26-22(28)17-8-7-11-33-17/h12-13,17H,4-11,14H2,1-3H3,(H,25,26,28). The Kier molecular flexibility index (Phi) is 7.89. The quantitative estimate of drug-likeness (QED) is 0.574. The molecule has 4 rings (SSSR count). The number of nitrogens with zero attached hydrogens (tertiary/aromatic N) is 2. The first-order valence-electron chi connectivity index (χ1n) is 11.8. The summed E-state index contributed by atoms with van der Waals surface area (Å²) in [4.78, 5) is 33.1. The van der Waals surface area contributed by atoms with Gasteiger partial charge in [0, 0.05) is 30.0 Å². The van der Waals surface area contributed by atoms with Crippen LogP contribution in [0, 0.1) is 0 Å². The topological polar surface area (TPSA) is 99.2 Å². The second kappa shape index (κ2) is 11.1. The highest BCUT2D eigenvalue weighted by molar-refractivity contribution is 7.15. The molecule has 0 radical (unpaired) electrons. The minimum atomic E-state index is -0.405. The molecule has 1 aromatic heterocycles. The average molecular weight is 490 g/mol. The van der Waals surface area contributed by atoms with Gasteiger partial charge in [-0.25, -0.2) is 4.98 Å². The molecule has 1 aromatic carbocycles. The van der Waals surface area contributed by atoms with Crippen molar-refractivity contribution in [1.29, 1.82) is 0 Å². The van der Waals surface area contributed by atoms with Crippen molar-refractivity contribution in [1.82, 2.24) is 9.88 Å². The van der Waals surface area contributed by atoms with Gasteiger partial charge in [-0.05, 0) is 45.7 Å². The minimum absolute atomic E-state index is 0.117. The van der Waals surface area contributed by atoms with Crippen molar-refractivity contribution < 1.29 is 28.5 Å². The molecule has 1 atom stereocenters. The SMILES string of the molecule is CCOc1cc(C(=O)N2CCc3nc(NC(=O)C4CCCO4)sc3C2)cc(OCC)c1OCC. The number of carbonyl (C=O) groups excluding carboxylic acids is 2. The van der Waals surface area contributed by atoms with Gasteiger partial charge >= 0.3 is 0 Å². The molecule has 2 aliphatic rings. The maximum Gasteiger partial charge on any atom is 0.255 e. The summed E-state index contributed by atoms with van der Waals surface area (Å²) >= 11 is 1.41. The fraction of sp³-hybridized carbons (Fsp3) is 0.542. The Bertz CT molecular complexity index is 1010. The Labute approximate surface area is 203 Å². The molecule has 2 aliphatic heterocycles. The van der Waals surface area contributed by atoms with Crippen molar-refractivity contribution >= 4 is 28.3 Å². The molecule has 34 heavy (non-hydrogen) atoms. The fourth-order valence-corrected chi connectivity index (χ4v) is 5.11. The number of hydrogen-bond donors (Lipinski definition) is 1. The summed E-state index contributed by atoms with van der Waals surface area (Å²) in [6.07, 6.45) is 1.85. The van der Waals surface area contributed by atoms with E-state index in [1.807, 2.05) is 20.8 Å². The zero-order valence-corrected chi connectivity index (χ0v) is 20.7. The van der Waals surface area contributed by atoms with Crippen molar-refractivity contribution in [3.8, 4) is 17.2 Å². The Balaban J connectivity index is 1.51. The second-order valence-electron chi connectivity index (χ2n) is 7.96. The van der Waals surface area contributed by atoms with Crippen LogP contribution in [0.3, 0.4) is 0 Å². The highest BCUT2D eigenvalue weighted by Crippen LogP contribution is 2.40. The van der Waals surface area contributed by atoms with Gasteiger partial charge in [-0.2, -0.15) is 0 Å². The molecule has 10 heteroatoms. The minimum Gasteiger partial charge on any atom is -0.490 e. The van der Waals surface area contributed by atoms with Gasteiger partial charge in [0.1, 0.15) is 6.10 Å². The Hall–Kier alpha value is -2.85. The Morgan fingerprint density at radius 1 is 1.15 bits per heavy atom. The molecule has 1 saturated heterocycles. The maximum absolute atomic E-state index is 13.4. The van der Waals surface area contributed by atoms with Crippen molar-refractivity contribution in [2.24, 2.45) is 0 Å². The van der Waals surface area contributed by atoms with E-state index in [1.54, 1.807) is 17.0 Å². The van der Waals surface area contributed by atoms with E-state index < -0.39 is 6.10 Å². The zero-order chi connectivity index (χ0) is 24.1. The Morgan fingerprint density at radius 3 is 2.47 bits per heavy atom. The van der Waals surface area contributed by atoms with E-state index in [9.17, 15) is 9.59 Å². The number of thiazole rings is 1. The number of fused-ring (bicyclic) bond motifs is 1. The predicted octanol–water partition coefficient (Wildman–Crippen LogP) is 3.66. The van der Waals surface area contributed by atoms with Crippen LogP contribution in [-0.2, 0) is 22.5 Å². The number of nitrogens with one attached hydrogen (secondary N) is 1. The van der Waals surface area contributed by atoms with Crippen LogP contribution in [-0.4, -0.2) is 60.8 Å². The van der Waals surface area contributed by atoms with E-state index in [0.717, 1.165) is 23.4 Å². The lowest BCUT2D eigenvalue weighted by atomic mass is 10.1. The normalized spacial score (nSPS) is 17.3. The molecular weight excluding hydrogens is 458 g/mol. The fourth-order valence-electron chi connectivity index (χ4n) is 4.09. The van der Waals surface area contributed by atoms with Gasteiger partial charge < -0.3 is 23.8 Å². The largest absolute Gasteiger partial charge is 0.490 e. The molecule has 3 heterocycles. The van der Waals surface area contributed by atoms with Crippen LogP contribution in [0.2, 0.25) is 0 Å². The maximum atomic E-state index is 13.4. The molecule has 0 spiro atoms. The van der Waals surface area contributed by atoms with E-state index in [4.69, 9.17) is 18.9 Å². The van der Waals surface area contributed by atoms with Crippen LogP contribution in [0.4, 0.5) is 5.13 Å². The second-order valence-corrected chi connectivity index (χ2v) is 9.04. The number of amides is 2. The van der Waals surface area contributed by atoms with Crippen molar-refractivity contribution in [3.05, 3.63) is 28.3 Å². The first kappa shape index (κ1) is 24.3. The molecule has 1 fully saturated rings. The van der Waals surface area contributed by atoms with Crippen molar-refractivity contribution in [3.63, 3.8) is 0 Å². The van der Waals surface area contributed by atoms with E-state index in [1.165, 1.54) is 11.3 Å². The number of rotatable bonds is 9. The van der Waals surface area contributed by atoms with E-state index in [-0.39, 0.29) is 11.8 Å². The summed E-state index contributed by atoms with van der Waals surface area (Å²) in [5, 5.41) is 3.42. The molecule has 9 nitrogen and oxygen atoms in total. The lowest BCUT2D eigenvalue weighted by Crippen LogP contribution is -2.35. The van der Waals surface area contributed by atoms with Gasteiger partial charge in [0.2, 0.25) is 5.75 Å². The lowest BCUT2D eigenvalue weighted by Gasteiger charge is -2.27. The van der Waals surface area contributed by atoms with E-state index in [2.05, 4.69) is 10.3 Å². The third-order valence-corrected chi connectivity index (χ3v) is 6.62. The van der Waals surface area contributed by atoms with Crippen LogP contribution in [0.1, 0.15) is 54.5 Å². The van der Waals surface area contributed by atoms with Gasteiger partial charge in [0.05, 0.1) is 32.1 Å². The third kappa shape index (κ3) is 5.28. The summed E-state index contributed by atoms with van der Waals surface area (Å²) in [7, 11) is 0. The van der Waals surface area contributed by atoms with Gasteiger partial charge in [0.15, 0.2) is 16.6 Å². The highest BCUT2D eigenvalue weighted by Gasteiger charge is 2.29. The molecule has 1 unspecified atom stereocenters. The predicted molar refractivity (Wildman–Crippen MR) is 128 cm³/mol. The van der Waals surface area contributed by atoms with Gasteiger partial charge in [0.25, 0.3) is 11.8 Å². The van der Waals surface area contributed by atoms with Crippen LogP contribution in [0.5, 0.6) is 17.2 Å². The monoisotopic (exact) mass is 489 g/mol. The van der Waals surface area contributed by atoms with Crippen molar-refractivity contribution in [2.75, 3.05) is 38.3 Å². The number of ether oxygens (including phenoxy) is 4. The number of hydrogen-bond acceptors (Lipinski definition) is 8. The number of carbonyl (C=O) groups is 2. The van der Waals surface area contributed by atoms with Crippen LogP contribution in [0.15, 0.2) is 12.1 Å². The third-order valence-electron chi connectivity index (χ3n) is 5.63. The molecule has 184 valence electrons. The summed E-state index contributed by atoms with van der Waals surface area (Å²) < 4.78 is 22.7. The van der Waals surface area contributed by atoms with Crippen LogP contribution in [0.25, 0.3) is 0 Å². The van der Waals surface area contributed by atoms with Gasteiger partial charge in [-0.15, -0.1) is 0 Å². The molecule has 1 N–H and O–H groups in total. The highest BCUT2D eigenvalue weighted by atomic mass is 32.1. The Morgan fingerprint density at radius 2 is 1.85 bits per heavy atom.